The van der Waals surface area contributed by atoms with Gasteiger partial charge in [0.2, 0.25) is 15.9 Å². The smallest absolute Gasteiger partial charge is 0.227 e. The average Bonchev–Trinajstić information content (AvgIpc) is 2.88. The van der Waals surface area contributed by atoms with Gasteiger partial charge in [-0.25, -0.2) is 18.5 Å². The van der Waals surface area contributed by atoms with Crippen LogP contribution in [0.25, 0.3) is 11.1 Å². The van der Waals surface area contributed by atoms with Gasteiger partial charge in [0.15, 0.2) is 11.5 Å². The number of rotatable bonds is 3. The minimum absolute atomic E-state index is 0.128. The van der Waals surface area contributed by atoms with Crippen molar-refractivity contribution in [1.29, 1.82) is 0 Å². The minimum Gasteiger partial charge on any atom is -0.441 e. The first-order valence-corrected chi connectivity index (χ1v) is 8.22. The van der Waals surface area contributed by atoms with Crippen LogP contribution >= 0.6 is 0 Å². The Morgan fingerprint density at radius 1 is 1.48 bits per heavy atom. The minimum atomic E-state index is -3.59. The van der Waals surface area contributed by atoms with Crippen molar-refractivity contribution in [3.63, 3.8) is 0 Å². The molecule has 2 heterocycles. The van der Waals surface area contributed by atoms with Gasteiger partial charge in [0.05, 0.1) is 11.4 Å². The molecule has 0 spiro atoms. The molecule has 21 heavy (non-hydrogen) atoms. The summed E-state index contributed by atoms with van der Waals surface area (Å²) in [5, 5.41) is 5.05. The monoisotopic (exact) mass is 309 g/mol. The maximum atomic E-state index is 12.2. The molecule has 2 aromatic rings. The number of sulfonamides is 1. The van der Waals surface area contributed by atoms with E-state index in [0.29, 0.717) is 29.2 Å². The van der Waals surface area contributed by atoms with Gasteiger partial charge in [0.1, 0.15) is 5.52 Å². The zero-order valence-electron chi connectivity index (χ0n) is 11.4. The number of fused-ring (bicyclic) bond motifs is 1. The van der Waals surface area contributed by atoms with Crippen molar-refractivity contribution >= 4 is 32.7 Å². The van der Waals surface area contributed by atoms with Gasteiger partial charge in [0, 0.05) is 25.8 Å². The highest BCUT2D eigenvalue weighted by atomic mass is 32.2. The van der Waals surface area contributed by atoms with E-state index in [1.807, 2.05) is 0 Å². The number of hydrogen-bond donors (Lipinski definition) is 1. The Morgan fingerprint density at radius 2 is 2.24 bits per heavy atom. The predicted molar refractivity (Wildman–Crippen MR) is 77.2 cm³/mol. The van der Waals surface area contributed by atoms with Gasteiger partial charge in [-0.3, -0.25) is 4.79 Å². The lowest BCUT2D eigenvalue weighted by Gasteiger charge is -2.16. The molecule has 7 nitrogen and oxygen atoms in total. The Balaban J connectivity index is 1.94. The van der Waals surface area contributed by atoms with E-state index in [2.05, 4.69) is 4.98 Å². The standard InChI is InChI=1S/C13H15N3O4S/c1-8-15-13-10(3-2-4-11(13)20-8)16-6-9(5-12(16)17)7-21(14,18)19/h2-4,9H,5-7H2,1H3,(H2,14,18,19). The van der Waals surface area contributed by atoms with Crippen molar-refractivity contribution in [2.45, 2.75) is 13.3 Å². The molecule has 1 aliphatic rings. The molecule has 1 amide bonds. The Hall–Kier alpha value is -1.93. The van der Waals surface area contributed by atoms with E-state index in [1.54, 1.807) is 30.0 Å². The fourth-order valence-corrected chi connectivity index (χ4v) is 3.60. The number of oxazole rings is 1. The summed E-state index contributed by atoms with van der Waals surface area (Å²) >= 11 is 0. The van der Waals surface area contributed by atoms with E-state index in [-0.39, 0.29) is 24.0 Å². The van der Waals surface area contributed by atoms with Crippen LogP contribution in [0.5, 0.6) is 0 Å². The summed E-state index contributed by atoms with van der Waals surface area (Å²) in [7, 11) is -3.59. The molecular formula is C13H15N3O4S. The van der Waals surface area contributed by atoms with Crippen LogP contribution in [0.1, 0.15) is 12.3 Å². The maximum absolute atomic E-state index is 12.2. The number of hydrogen-bond acceptors (Lipinski definition) is 5. The molecule has 3 rings (SSSR count). The summed E-state index contributed by atoms with van der Waals surface area (Å²) < 4.78 is 27.8. The largest absolute Gasteiger partial charge is 0.441 e. The van der Waals surface area contributed by atoms with E-state index in [1.165, 1.54) is 0 Å². The van der Waals surface area contributed by atoms with Crippen molar-refractivity contribution in [3.8, 4) is 0 Å². The number of anilines is 1. The number of nitrogens with two attached hydrogens (primary N) is 1. The summed E-state index contributed by atoms with van der Waals surface area (Å²) in [6.07, 6.45) is 0.170. The number of benzene rings is 1. The molecular weight excluding hydrogens is 294 g/mol. The Bertz CT molecular complexity index is 812. The van der Waals surface area contributed by atoms with Crippen LogP contribution in [0.4, 0.5) is 5.69 Å². The predicted octanol–water partition coefficient (Wildman–Crippen LogP) is 0.778. The van der Waals surface area contributed by atoms with Gasteiger partial charge in [-0.2, -0.15) is 0 Å². The van der Waals surface area contributed by atoms with E-state index in [4.69, 9.17) is 9.56 Å². The molecule has 1 aliphatic heterocycles. The third-order valence-electron chi connectivity index (χ3n) is 3.47. The quantitative estimate of drug-likeness (QED) is 0.901. The molecule has 0 saturated carbocycles. The molecule has 1 fully saturated rings. The summed E-state index contributed by atoms with van der Waals surface area (Å²) in [5.74, 6) is -0.0963. The van der Waals surface area contributed by atoms with Crippen molar-refractivity contribution in [1.82, 2.24) is 4.98 Å². The van der Waals surface area contributed by atoms with Crippen LogP contribution < -0.4 is 10.0 Å². The first-order chi connectivity index (χ1) is 9.83. The number of nitrogens with zero attached hydrogens (tertiary/aromatic N) is 2. The zero-order chi connectivity index (χ0) is 15.2. The Kier molecular flexibility index (Phi) is 3.22. The third-order valence-corrected chi connectivity index (χ3v) is 4.40. The van der Waals surface area contributed by atoms with Gasteiger partial charge >= 0.3 is 0 Å². The molecule has 1 atom stereocenters. The number of aryl methyl sites for hydroxylation is 1. The normalized spacial score (nSPS) is 19.6. The highest BCUT2D eigenvalue weighted by Gasteiger charge is 2.34. The first-order valence-electron chi connectivity index (χ1n) is 6.50. The topological polar surface area (TPSA) is 107 Å². The zero-order valence-corrected chi connectivity index (χ0v) is 12.3. The third kappa shape index (κ3) is 2.77. The molecule has 1 aromatic carbocycles. The second-order valence-corrected chi connectivity index (χ2v) is 6.92. The van der Waals surface area contributed by atoms with Crippen molar-refractivity contribution in [2.75, 3.05) is 17.2 Å². The lowest BCUT2D eigenvalue weighted by molar-refractivity contribution is -0.117. The fourth-order valence-electron chi connectivity index (χ4n) is 2.72. The molecule has 1 saturated heterocycles. The lowest BCUT2D eigenvalue weighted by Crippen LogP contribution is -2.27. The summed E-state index contributed by atoms with van der Waals surface area (Å²) in [5.41, 5.74) is 1.86. The van der Waals surface area contributed by atoms with Crippen LogP contribution in [0.2, 0.25) is 0 Å². The number of primary sulfonamides is 1. The van der Waals surface area contributed by atoms with Crippen molar-refractivity contribution < 1.29 is 17.6 Å². The number of carbonyl (C=O) groups excluding carboxylic acids is 1. The number of amides is 1. The highest BCUT2D eigenvalue weighted by molar-refractivity contribution is 7.89. The molecule has 8 heteroatoms. The van der Waals surface area contributed by atoms with Crippen LogP contribution in [0.15, 0.2) is 22.6 Å². The average molecular weight is 309 g/mol. The summed E-state index contributed by atoms with van der Waals surface area (Å²) in [6.45, 7) is 2.06. The molecule has 0 bridgehead atoms. The van der Waals surface area contributed by atoms with Crippen LogP contribution in [-0.2, 0) is 14.8 Å². The SMILES string of the molecule is Cc1nc2c(N3CC(CS(N)(=O)=O)CC3=O)cccc2o1. The van der Waals surface area contributed by atoms with Crippen LogP contribution in [0.3, 0.4) is 0 Å². The summed E-state index contributed by atoms with van der Waals surface area (Å²) in [4.78, 5) is 18.0. The van der Waals surface area contributed by atoms with Crippen LogP contribution in [0, 0.1) is 12.8 Å². The number of aromatic nitrogens is 1. The molecule has 1 aromatic heterocycles. The molecule has 0 aliphatic carbocycles. The van der Waals surface area contributed by atoms with Gasteiger partial charge in [-0.1, -0.05) is 6.07 Å². The van der Waals surface area contributed by atoms with Crippen LogP contribution in [-0.4, -0.2) is 31.6 Å². The van der Waals surface area contributed by atoms with Crippen molar-refractivity contribution in [3.05, 3.63) is 24.1 Å². The molecule has 1 unspecified atom stereocenters. The van der Waals surface area contributed by atoms with E-state index in [0.717, 1.165) is 0 Å². The van der Waals surface area contributed by atoms with Gasteiger partial charge < -0.3 is 9.32 Å². The highest BCUT2D eigenvalue weighted by Crippen LogP contribution is 2.31. The second kappa shape index (κ2) is 4.81. The lowest BCUT2D eigenvalue weighted by atomic mass is 10.1. The Morgan fingerprint density at radius 3 is 2.95 bits per heavy atom. The maximum Gasteiger partial charge on any atom is 0.227 e. The number of carbonyl (C=O) groups is 1. The molecule has 2 N–H and O–H groups in total. The summed E-state index contributed by atoms with van der Waals surface area (Å²) in [6, 6.07) is 5.34. The molecule has 112 valence electrons. The van der Waals surface area contributed by atoms with Gasteiger partial charge in [-0.15, -0.1) is 0 Å². The fraction of sp³-hybridized carbons (Fsp3) is 0.385. The first kappa shape index (κ1) is 14.0. The molecule has 0 radical (unpaired) electrons. The second-order valence-electron chi connectivity index (χ2n) is 5.26. The Labute approximate surface area is 121 Å². The van der Waals surface area contributed by atoms with Gasteiger partial charge in [0.25, 0.3) is 0 Å². The van der Waals surface area contributed by atoms with E-state index >= 15 is 0 Å². The van der Waals surface area contributed by atoms with E-state index < -0.39 is 10.0 Å². The number of para-hydroxylation sites is 1. The van der Waals surface area contributed by atoms with E-state index in [9.17, 15) is 13.2 Å². The van der Waals surface area contributed by atoms with Crippen molar-refractivity contribution in [2.24, 2.45) is 11.1 Å². The van der Waals surface area contributed by atoms with Gasteiger partial charge in [-0.05, 0) is 12.1 Å².